The molecule has 5 amide bonds. The average Bonchev–Trinajstić information content (AvgIpc) is 0.752. The SMILES string of the molecule is CC(C)(C)OC(=O)N1CC(CN2C(=O)C(CN3CCN(C(=O)OCc4ccccc4)CC3)Oc3cc(-c4cc(OC(=O)C(C)(C)C)cc5ccccc45)c(Cl)cc32)C1.CC(C)(C)OC(=O)N1CC(CN2C(=O)C(CN3CCNCC3)Oc3cc(-c4cc(OC(=O)C(C)(C)C)cc5ccccc45)c(Cl)cc32)C1. The fourth-order valence-electron chi connectivity index (χ4n) is 13.5. The van der Waals surface area contributed by atoms with Gasteiger partial charge in [-0.2, -0.15) is 0 Å². The standard InChI is InChI=1S/C45H51ClN4O8.C37H45ClN4O6/c1-44(2,3)41(52)56-32-20-31-14-10-11-15-33(31)34(21-32)35-22-38-37(23-36(35)46)50(26-30-24-49(25-30)43(54)58-45(4,5)6)40(51)39(57-38)27-47-16-18-48(19-17-47)42(53)55-28-29-12-8-7-9-13-29;1-36(2,3)34(44)46-25-15-24-9-7-8-10-26(24)27(16-25)28-17-31-30(18-29(28)38)42(21-23-19-41(20-23)35(45)48-37(4,5)6)33(43)32(47-31)22-40-13-11-39-12-14-40/h7-15,20-23,30,39H,16-19,24-28H2,1-6H3;7-10,15-18,23,32,39H,11-14,19-22H2,1-6H3. The summed E-state index contributed by atoms with van der Waals surface area (Å²) < 4.78 is 41.5. The molecule has 2 unspecified atom stereocenters. The number of likely N-dealkylation sites (tertiary alicyclic amines) is 2. The zero-order valence-corrected chi connectivity index (χ0v) is 64.1. The first-order chi connectivity index (χ1) is 50.2. The van der Waals surface area contributed by atoms with Crippen LogP contribution >= 0.6 is 23.2 Å². The van der Waals surface area contributed by atoms with E-state index in [0.717, 1.165) is 64.4 Å². The molecule has 0 radical (unpaired) electrons. The Morgan fingerprint density at radius 2 is 0.868 bits per heavy atom. The van der Waals surface area contributed by atoms with E-state index in [1.807, 2.05) is 178 Å². The van der Waals surface area contributed by atoms with E-state index in [-0.39, 0.29) is 60.5 Å². The summed E-state index contributed by atoms with van der Waals surface area (Å²) in [6.45, 7) is 30.8. The second-order valence-electron chi connectivity index (χ2n) is 32.3. The van der Waals surface area contributed by atoms with Crippen molar-refractivity contribution in [1.29, 1.82) is 0 Å². The molecular weight excluding hydrogens is 1390 g/mol. The van der Waals surface area contributed by atoms with Gasteiger partial charge in [0.2, 0.25) is 0 Å². The van der Waals surface area contributed by atoms with E-state index in [2.05, 4.69) is 15.1 Å². The molecular formula is C82H96Cl2N8O14. The number of esters is 2. The van der Waals surface area contributed by atoms with E-state index in [9.17, 15) is 33.6 Å². The minimum atomic E-state index is -0.851. The van der Waals surface area contributed by atoms with Gasteiger partial charge in [0.1, 0.15) is 40.8 Å². The summed E-state index contributed by atoms with van der Waals surface area (Å²) in [5, 5.41) is 7.79. The van der Waals surface area contributed by atoms with Crippen LogP contribution in [0.2, 0.25) is 10.0 Å². The normalized spacial score (nSPS) is 18.3. The smallest absolute Gasteiger partial charge is 0.410 e. The maximum absolute atomic E-state index is 14.4. The zero-order chi connectivity index (χ0) is 75.7. The molecule has 0 spiro atoms. The van der Waals surface area contributed by atoms with Crippen LogP contribution in [0.15, 0.2) is 127 Å². The number of amides is 5. The van der Waals surface area contributed by atoms with Crippen LogP contribution in [-0.4, -0.2) is 195 Å². The Bertz CT molecular complexity index is 4460. The number of piperazine rings is 2. The first kappa shape index (κ1) is 76.5. The average molecular weight is 1490 g/mol. The Balaban J connectivity index is 0.000000202. The quantitative estimate of drug-likeness (QED) is 0.0608. The number of nitrogens with one attached hydrogen (secondary N) is 1. The summed E-state index contributed by atoms with van der Waals surface area (Å²) in [5.74, 6) is 0.892. The van der Waals surface area contributed by atoms with Gasteiger partial charge < -0.3 is 63.0 Å². The maximum atomic E-state index is 14.4. The van der Waals surface area contributed by atoms with Crippen molar-refractivity contribution in [3.63, 3.8) is 0 Å². The lowest BCUT2D eigenvalue weighted by Crippen LogP contribution is -2.59. The molecule has 6 aliphatic heterocycles. The van der Waals surface area contributed by atoms with E-state index >= 15 is 0 Å². The van der Waals surface area contributed by atoms with Gasteiger partial charge in [-0.25, -0.2) is 14.4 Å². The summed E-state index contributed by atoms with van der Waals surface area (Å²) in [6, 6.07) is 39.9. The highest BCUT2D eigenvalue weighted by atomic mass is 35.5. The maximum Gasteiger partial charge on any atom is 0.410 e. The summed E-state index contributed by atoms with van der Waals surface area (Å²) in [7, 11) is 0. The van der Waals surface area contributed by atoms with Gasteiger partial charge in [-0.1, -0.05) is 102 Å². The number of carbonyl (C=O) groups is 7. The van der Waals surface area contributed by atoms with Crippen LogP contribution in [0.3, 0.4) is 0 Å². The van der Waals surface area contributed by atoms with Gasteiger partial charge in [-0.3, -0.25) is 29.0 Å². The minimum Gasteiger partial charge on any atom is -0.477 e. The molecule has 0 saturated carbocycles. The first-order valence-electron chi connectivity index (χ1n) is 36.4. The molecule has 6 aliphatic rings. The van der Waals surface area contributed by atoms with E-state index in [1.54, 1.807) is 57.4 Å². The molecule has 0 bridgehead atoms. The summed E-state index contributed by atoms with van der Waals surface area (Å²) >= 11 is 14.2. The Morgan fingerprint density at radius 3 is 1.28 bits per heavy atom. The summed E-state index contributed by atoms with van der Waals surface area (Å²) in [6.07, 6.45) is -2.66. The van der Waals surface area contributed by atoms with Gasteiger partial charge in [-0.15, -0.1) is 0 Å². The van der Waals surface area contributed by atoms with Gasteiger partial charge in [0.25, 0.3) is 11.8 Å². The van der Waals surface area contributed by atoms with Crippen molar-refractivity contribution < 1.29 is 66.7 Å². The predicted octanol–water partition coefficient (Wildman–Crippen LogP) is 14.0. The van der Waals surface area contributed by atoms with Gasteiger partial charge in [-0.05, 0) is 170 Å². The number of hydrogen-bond acceptors (Lipinski definition) is 17. The lowest BCUT2D eigenvalue weighted by Gasteiger charge is -2.44. The highest BCUT2D eigenvalue weighted by Crippen LogP contribution is 2.48. The Kier molecular flexibility index (Phi) is 22.6. The fourth-order valence-corrected chi connectivity index (χ4v) is 14.0. The molecule has 4 saturated heterocycles. The van der Waals surface area contributed by atoms with Crippen LogP contribution in [0.4, 0.5) is 25.8 Å². The van der Waals surface area contributed by atoms with Crippen LogP contribution in [-0.2, 0) is 40.0 Å². The summed E-state index contributed by atoms with van der Waals surface area (Å²) in [4.78, 5) is 105. The third-order valence-corrected chi connectivity index (χ3v) is 19.8. The minimum absolute atomic E-state index is 0.00471. The van der Waals surface area contributed by atoms with Crippen molar-refractivity contribution in [2.45, 2.75) is 113 Å². The predicted molar refractivity (Wildman–Crippen MR) is 409 cm³/mol. The largest absolute Gasteiger partial charge is 0.477 e. The topological polar surface area (TPSA) is 219 Å². The molecule has 13 rings (SSSR count). The van der Waals surface area contributed by atoms with Crippen molar-refractivity contribution in [2.24, 2.45) is 22.7 Å². The Labute approximate surface area is 629 Å². The fraction of sp³-hybridized carbons (Fsp3) is 0.451. The monoisotopic (exact) mass is 1490 g/mol. The number of nitrogens with zero attached hydrogens (tertiary/aromatic N) is 7. The molecule has 7 aromatic rings. The first-order valence-corrected chi connectivity index (χ1v) is 37.1. The van der Waals surface area contributed by atoms with E-state index < -0.39 is 34.2 Å². The molecule has 22 nitrogen and oxygen atoms in total. The number of hydrogen-bond donors (Lipinski definition) is 1. The molecule has 106 heavy (non-hydrogen) atoms. The number of benzene rings is 7. The van der Waals surface area contributed by atoms with Crippen LogP contribution < -0.4 is 34.1 Å². The molecule has 4 fully saturated rings. The Hall–Kier alpha value is -9.19. The van der Waals surface area contributed by atoms with Crippen molar-refractivity contribution >= 4 is 98.2 Å². The van der Waals surface area contributed by atoms with Crippen molar-refractivity contribution in [1.82, 2.24) is 29.8 Å². The zero-order valence-electron chi connectivity index (χ0n) is 62.6. The third kappa shape index (κ3) is 18.3. The molecule has 2 atom stereocenters. The number of ether oxygens (including phenoxy) is 7. The van der Waals surface area contributed by atoms with E-state index in [0.29, 0.717) is 134 Å². The number of halogens is 2. The molecule has 1 N–H and O–H groups in total. The molecule has 562 valence electrons. The van der Waals surface area contributed by atoms with Crippen molar-refractivity contribution in [3.8, 4) is 45.3 Å². The van der Waals surface area contributed by atoms with Gasteiger partial charge >= 0.3 is 30.2 Å². The van der Waals surface area contributed by atoms with Crippen LogP contribution in [0.25, 0.3) is 43.8 Å². The summed E-state index contributed by atoms with van der Waals surface area (Å²) in [5.41, 5.74) is 2.36. The van der Waals surface area contributed by atoms with Crippen LogP contribution in [0.5, 0.6) is 23.0 Å². The number of fused-ring (bicyclic) bond motifs is 4. The molecule has 0 aromatic heterocycles. The second-order valence-corrected chi connectivity index (χ2v) is 33.1. The van der Waals surface area contributed by atoms with Gasteiger partial charge in [0.05, 0.1) is 32.3 Å². The third-order valence-electron chi connectivity index (χ3n) is 19.2. The van der Waals surface area contributed by atoms with E-state index in [1.165, 1.54) is 0 Å². The molecule has 24 heteroatoms. The number of anilines is 2. The van der Waals surface area contributed by atoms with Crippen LogP contribution in [0.1, 0.15) is 88.6 Å². The van der Waals surface area contributed by atoms with Gasteiger partial charge in [0.15, 0.2) is 12.2 Å². The highest BCUT2D eigenvalue weighted by molar-refractivity contribution is 6.35. The van der Waals surface area contributed by atoms with Crippen molar-refractivity contribution in [3.05, 3.63) is 143 Å². The van der Waals surface area contributed by atoms with Crippen molar-refractivity contribution in [2.75, 3.05) is 115 Å². The number of rotatable bonds is 14. The number of carbonyl (C=O) groups excluding carboxylic acids is 7. The van der Waals surface area contributed by atoms with Gasteiger partial charge in [0, 0.05) is 128 Å². The molecule has 0 aliphatic carbocycles. The molecule has 6 heterocycles. The Morgan fingerprint density at radius 1 is 0.462 bits per heavy atom. The lowest BCUT2D eigenvalue weighted by atomic mass is 9.95. The van der Waals surface area contributed by atoms with Crippen LogP contribution in [0, 0.1) is 22.7 Å². The highest BCUT2D eigenvalue weighted by Gasteiger charge is 2.44. The lowest BCUT2D eigenvalue weighted by molar-refractivity contribution is -0.143. The molecule has 7 aromatic carbocycles. The second kappa shape index (κ2) is 31.3. The van der Waals surface area contributed by atoms with E-state index in [4.69, 9.17) is 56.4 Å².